The molecule has 0 aliphatic carbocycles. The van der Waals surface area contributed by atoms with Crippen molar-refractivity contribution in [3.63, 3.8) is 0 Å². The van der Waals surface area contributed by atoms with Gasteiger partial charge in [-0.2, -0.15) is 0 Å². The predicted molar refractivity (Wildman–Crippen MR) is 112 cm³/mol. The maximum Gasteiger partial charge on any atom is 0.166 e. The Balaban J connectivity index is 1.77. The first kappa shape index (κ1) is 19.4. The van der Waals surface area contributed by atoms with Crippen LogP contribution in [-0.2, 0) is 13.2 Å². The van der Waals surface area contributed by atoms with Crippen LogP contribution in [0.3, 0.4) is 0 Å². The van der Waals surface area contributed by atoms with Crippen LogP contribution in [0.25, 0.3) is 0 Å². The summed E-state index contributed by atoms with van der Waals surface area (Å²) in [6, 6.07) is 19.5. The van der Waals surface area contributed by atoms with Crippen molar-refractivity contribution in [1.82, 2.24) is 0 Å². The summed E-state index contributed by atoms with van der Waals surface area (Å²) >= 11 is 12.2. The standard InChI is InChI=1S/C22H21Cl2NO2/c1-15-6-8-16(9-7-15)14-27-22-17(4-3-5-21(22)26-2)13-25-20-11-10-18(23)12-19(20)24/h3-12,25H,13-14H2,1-2H3. The maximum absolute atomic E-state index is 6.25. The van der Waals surface area contributed by atoms with Gasteiger partial charge in [-0.1, -0.05) is 65.2 Å². The second-order valence-corrected chi connectivity index (χ2v) is 7.04. The van der Waals surface area contributed by atoms with Crippen LogP contribution >= 0.6 is 23.2 Å². The van der Waals surface area contributed by atoms with E-state index in [1.54, 1.807) is 19.2 Å². The van der Waals surface area contributed by atoms with Crippen LogP contribution in [0.2, 0.25) is 10.0 Å². The van der Waals surface area contributed by atoms with Crippen LogP contribution in [0.15, 0.2) is 60.7 Å². The molecular weight excluding hydrogens is 381 g/mol. The van der Waals surface area contributed by atoms with Gasteiger partial charge in [-0.15, -0.1) is 0 Å². The van der Waals surface area contributed by atoms with Crippen molar-refractivity contribution >= 4 is 28.9 Å². The third-order valence-corrected chi connectivity index (χ3v) is 4.73. The van der Waals surface area contributed by atoms with Crippen molar-refractivity contribution in [3.05, 3.63) is 87.4 Å². The minimum absolute atomic E-state index is 0.468. The summed E-state index contributed by atoms with van der Waals surface area (Å²) in [4.78, 5) is 0. The largest absolute Gasteiger partial charge is 0.493 e. The minimum atomic E-state index is 0.468. The Morgan fingerprint density at radius 3 is 2.44 bits per heavy atom. The average Bonchev–Trinajstić information content (AvgIpc) is 2.67. The number of para-hydroxylation sites is 1. The van der Waals surface area contributed by atoms with Crippen LogP contribution in [0.5, 0.6) is 11.5 Å². The molecule has 1 N–H and O–H groups in total. The highest BCUT2D eigenvalue weighted by molar-refractivity contribution is 6.36. The van der Waals surface area contributed by atoms with Crippen molar-refractivity contribution in [3.8, 4) is 11.5 Å². The third-order valence-electron chi connectivity index (χ3n) is 4.18. The topological polar surface area (TPSA) is 30.5 Å². The van der Waals surface area contributed by atoms with Crippen molar-refractivity contribution in [1.29, 1.82) is 0 Å². The van der Waals surface area contributed by atoms with Gasteiger partial charge in [0.25, 0.3) is 0 Å². The zero-order valence-corrected chi connectivity index (χ0v) is 16.8. The van der Waals surface area contributed by atoms with Crippen molar-refractivity contribution in [2.75, 3.05) is 12.4 Å². The first-order valence-electron chi connectivity index (χ1n) is 8.60. The molecule has 0 spiro atoms. The van der Waals surface area contributed by atoms with Crippen LogP contribution in [0, 0.1) is 6.92 Å². The summed E-state index contributed by atoms with van der Waals surface area (Å²) < 4.78 is 11.6. The molecule has 0 saturated carbocycles. The van der Waals surface area contributed by atoms with E-state index in [4.69, 9.17) is 32.7 Å². The summed E-state index contributed by atoms with van der Waals surface area (Å²) in [6.07, 6.45) is 0. The molecule has 0 bridgehead atoms. The predicted octanol–water partition coefficient (Wildman–Crippen LogP) is 6.50. The van der Waals surface area contributed by atoms with Gasteiger partial charge in [-0.05, 0) is 36.8 Å². The van der Waals surface area contributed by atoms with E-state index in [2.05, 4.69) is 36.5 Å². The number of anilines is 1. The normalized spacial score (nSPS) is 10.5. The highest BCUT2D eigenvalue weighted by atomic mass is 35.5. The fraction of sp³-hybridized carbons (Fsp3) is 0.182. The number of nitrogens with one attached hydrogen (secondary N) is 1. The van der Waals surface area contributed by atoms with E-state index in [1.165, 1.54) is 5.56 Å². The van der Waals surface area contributed by atoms with E-state index in [-0.39, 0.29) is 0 Å². The Bertz CT molecular complexity index is 911. The molecule has 140 valence electrons. The fourth-order valence-corrected chi connectivity index (χ4v) is 3.16. The molecule has 0 radical (unpaired) electrons. The molecule has 3 aromatic rings. The number of ether oxygens (including phenoxy) is 2. The molecule has 27 heavy (non-hydrogen) atoms. The van der Waals surface area contributed by atoms with E-state index in [9.17, 15) is 0 Å². The molecule has 0 aliphatic heterocycles. The Morgan fingerprint density at radius 1 is 0.963 bits per heavy atom. The Labute approximate surface area is 169 Å². The van der Waals surface area contributed by atoms with Crippen LogP contribution in [0.1, 0.15) is 16.7 Å². The molecule has 0 amide bonds. The fourth-order valence-electron chi connectivity index (χ4n) is 2.69. The third kappa shape index (κ3) is 5.09. The van der Waals surface area contributed by atoms with Crippen molar-refractivity contribution in [2.45, 2.75) is 20.1 Å². The highest BCUT2D eigenvalue weighted by Crippen LogP contribution is 2.33. The van der Waals surface area contributed by atoms with Gasteiger partial charge < -0.3 is 14.8 Å². The van der Waals surface area contributed by atoms with Crippen LogP contribution in [0.4, 0.5) is 5.69 Å². The van der Waals surface area contributed by atoms with Gasteiger partial charge in [-0.3, -0.25) is 0 Å². The first-order chi connectivity index (χ1) is 13.1. The SMILES string of the molecule is COc1cccc(CNc2ccc(Cl)cc2Cl)c1OCc1ccc(C)cc1. The number of hydrogen-bond acceptors (Lipinski definition) is 3. The average molecular weight is 402 g/mol. The van der Waals surface area contributed by atoms with Gasteiger partial charge in [0.15, 0.2) is 11.5 Å². The monoisotopic (exact) mass is 401 g/mol. The van der Waals surface area contributed by atoms with Gasteiger partial charge in [0.2, 0.25) is 0 Å². The Morgan fingerprint density at radius 2 is 1.74 bits per heavy atom. The van der Waals surface area contributed by atoms with Gasteiger partial charge in [0, 0.05) is 17.1 Å². The van der Waals surface area contributed by atoms with E-state index in [0.29, 0.717) is 28.9 Å². The lowest BCUT2D eigenvalue weighted by Crippen LogP contribution is -2.05. The quantitative estimate of drug-likeness (QED) is 0.489. The first-order valence-corrected chi connectivity index (χ1v) is 9.35. The second kappa shape index (κ2) is 9.03. The highest BCUT2D eigenvalue weighted by Gasteiger charge is 2.12. The maximum atomic E-state index is 6.25. The summed E-state index contributed by atoms with van der Waals surface area (Å²) in [7, 11) is 1.64. The number of aryl methyl sites for hydroxylation is 1. The minimum Gasteiger partial charge on any atom is -0.493 e. The molecule has 3 nitrogen and oxygen atoms in total. The number of halogens is 2. The van der Waals surface area contributed by atoms with Gasteiger partial charge in [0.05, 0.1) is 17.8 Å². The van der Waals surface area contributed by atoms with E-state index >= 15 is 0 Å². The molecule has 0 atom stereocenters. The molecule has 3 rings (SSSR count). The van der Waals surface area contributed by atoms with E-state index in [1.807, 2.05) is 24.3 Å². The summed E-state index contributed by atoms with van der Waals surface area (Å²) in [5.41, 5.74) is 4.12. The number of hydrogen-bond donors (Lipinski definition) is 1. The molecule has 0 aliphatic rings. The van der Waals surface area contributed by atoms with E-state index < -0.39 is 0 Å². The zero-order valence-electron chi connectivity index (χ0n) is 15.3. The Hall–Kier alpha value is -2.36. The number of rotatable bonds is 7. The van der Waals surface area contributed by atoms with Crippen molar-refractivity contribution in [2.24, 2.45) is 0 Å². The molecule has 3 aromatic carbocycles. The molecule has 0 aromatic heterocycles. The molecule has 5 heteroatoms. The molecule has 0 unspecified atom stereocenters. The summed E-state index contributed by atoms with van der Waals surface area (Å²) in [6.45, 7) is 3.08. The lowest BCUT2D eigenvalue weighted by atomic mass is 10.1. The molecule has 0 fully saturated rings. The smallest absolute Gasteiger partial charge is 0.166 e. The molecule has 0 saturated heterocycles. The van der Waals surface area contributed by atoms with Crippen molar-refractivity contribution < 1.29 is 9.47 Å². The second-order valence-electron chi connectivity index (χ2n) is 6.20. The van der Waals surface area contributed by atoms with Crippen LogP contribution < -0.4 is 14.8 Å². The molecule has 0 heterocycles. The summed E-state index contributed by atoms with van der Waals surface area (Å²) in [5.74, 6) is 1.42. The Kier molecular flexibility index (Phi) is 6.49. The van der Waals surface area contributed by atoms with Crippen LogP contribution in [-0.4, -0.2) is 7.11 Å². The zero-order chi connectivity index (χ0) is 19.2. The number of benzene rings is 3. The number of methoxy groups -OCH3 is 1. The molecular formula is C22H21Cl2NO2. The van der Waals surface area contributed by atoms with Gasteiger partial charge in [0.1, 0.15) is 6.61 Å². The van der Waals surface area contributed by atoms with E-state index in [0.717, 1.165) is 22.6 Å². The lowest BCUT2D eigenvalue weighted by Gasteiger charge is -2.16. The van der Waals surface area contributed by atoms with Gasteiger partial charge >= 0.3 is 0 Å². The lowest BCUT2D eigenvalue weighted by molar-refractivity contribution is 0.281. The van der Waals surface area contributed by atoms with Gasteiger partial charge in [-0.25, -0.2) is 0 Å². The summed E-state index contributed by atoms with van der Waals surface area (Å²) in [5, 5.41) is 4.51.